The number of carbonyl (C=O) groups excluding carboxylic acids is 1. The molecule has 3 heterocycles. The maximum absolute atomic E-state index is 12.6. The molecule has 8 heteroatoms. The fourth-order valence-electron chi connectivity index (χ4n) is 2.94. The van der Waals surface area contributed by atoms with E-state index in [4.69, 9.17) is 4.42 Å². The fraction of sp³-hybridized carbons (Fsp3) is 0.0526. The third kappa shape index (κ3) is 2.61. The molecule has 0 aliphatic rings. The predicted molar refractivity (Wildman–Crippen MR) is 108 cm³/mol. The van der Waals surface area contributed by atoms with E-state index in [2.05, 4.69) is 15.3 Å². The highest BCUT2D eigenvalue weighted by molar-refractivity contribution is 7.28. The number of hydrogen-bond donors (Lipinski definition) is 1. The maximum Gasteiger partial charge on any atom is 0.264 e. The number of anilines is 1. The van der Waals surface area contributed by atoms with E-state index in [1.54, 1.807) is 35.6 Å². The van der Waals surface area contributed by atoms with Gasteiger partial charge in [-0.25, -0.2) is 9.97 Å². The predicted octanol–water partition coefficient (Wildman–Crippen LogP) is 4.57. The number of carbonyl (C=O) groups is 1. The number of thiazole rings is 2. The summed E-state index contributed by atoms with van der Waals surface area (Å²) in [6.07, 6.45) is 1.19. The Bertz CT molecular complexity index is 1410. The van der Waals surface area contributed by atoms with Gasteiger partial charge in [0.05, 0.1) is 30.8 Å². The quantitative estimate of drug-likeness (QED) is 0.475. The second-order valence-electron chi connectivity index (χ2n) is 5.94. The number of para-hydroxylation sites is 1. The van der Waals surface area contributed by atoms with Crippen molar-refractivity contribution in [2.75, 3.05) is 5.32 Å². The molecule has 1 N–H and O–H groups in total. The second-order valence-corrected chi connectivity index (χ2v) is 8.15. The highest BCUT2D eigenvalue weighted by Crippen LogP contribution is 2.35. The summed E-state index contributed by atoms with van der Waals surface area (Å²) >= 11 is 2.96. The number of amides is 1. The number of aryl methyl sites for hydroxylation is 1. The fourth-order valence-corrected chi connectivity index (χ4v) is 4.94. The Morgan fingerprint density at radius 3 is 2.63 bits per heavy atom. The third-order valence-corrected chi connectivity index (χ3v) is 6.30. The molecule has 3 aromatic heterocycles. The summed E-state index contributed by atoms with van der Waals surface area (Å²) in [5.41, 5.74) is 1.74. The van der Waals surface area contributed by atoms with Gasteiger partial charge in [-0.1, -0.05) is 23.5 Å². The minimum absolute atomic E-state index is 0.0493. The zero-order chi connectivity index (χ0) is 18.5. The molecule has 0 spiro atoms. The number of fused-ring (bicyclic) bond motifs is 4. The maximum atomic E-state index is 12.6. The summed E-state index contributed by atoms with van der Waals surface area (Å²) in [5, 5.41) is 4.50. The van der Waals surface area contributed by atoms with E-state index in [0.29, 0.717) is 16.1 Å². The van der Waals surface area contributed by atoms with Crippen LogP contribution in [-0.2, 0) is 0 Å². The molecule has 0 saturated carbocycles. The van der Waals surface area contributed by atoms with Gasteiger partial charge in [0.15, 0.2) is 5.13 Å². The van der Waals surface area contributed by atoms with E-state index in [-0.39, 0.29) is 11.0 Å². The summed E-state index contributed by atoms with van der Waals surface area (Å²) in [6.45, 7) is 1.96. The molecule has 0 unspecified atom stereocenters. The summed E-state index contributed by atoms with van der Waals surface area (Å²) in [5.74, 6) is -0.537. The normalized spacial score (nSPS) is 11.4. The molecule has 0 fully saturated rings. The van der Waals surface area contributed by atoms with Crippen LogP contribution in [0.4, 0.5) is 5.13 Å². The van der Waals surface area contributed by atoms with E-state index >= 15 is 0 Å². The molecule has 5 rings (SSSR count). The summed E-state index contributed by atoms with van der Waals surface area (Å²) in [4.78, 5) is 34.1. The van der Waals surface area contributed by atoms with Crippen LogP contribution in [0.3, 0.4) is 0 Å². The minimum Gasteiger partial charge on any atom is -0.463 e. The van der Waals surface area contributed by atoms with Gasteiger partial charge in [0, 0.05) is 0 Å². The Kier molecular flexibility index (Phi) is 3.56. The molecule has 0 atom stereocenters. The molecule has 1 amide bonds. The first-order valence-electron chi connectivity index (χ1n) is 8.09. The van der Waals surface area contributed by atoms with Crippen molar-refractivity contribution in [2.45, 2.75) is 6.92 Å². The molecule has 5 aromatic rings. The average molecular weight is 393 g/mol. The Hall–Kier alpha value is -3.10. The van der Waals surface area contributed by atoms with Gasteiger partial charge in [0.1, 0.15) is 17.4 Å². The molecule has 132 valence electrons. The highest BCUT2D eigenvalue weighted by atomic mass is 32.1. The molecule has 0 aliphatic carbocycles. The zero-order valence-corrected chi connectivity index (χ0v) is 15.6. The summed E-state index contributed by atoms with van der Waals surface area (Å²) in [6, 6.07) is 10.6. The van der Waals surface area contributed by atoms with E-state index in [1.807, 2.05) is 19.1 Å². The van der Waals surface area contributed by atoms with Crippen molar-refractivity contribution >= 4 is 65.1 Å². The van der Waals surface area contributed by atoms with Crippen molar-refractivity contribution in [1.29, 1.82) is 0 Å². The van der Waals surface area contributed by atoms with Crippen LogP contribution >= 0.6 is 22.7 Å². The standard InChI is InChI=1S/C19H11N3O3S2/c1-9-20-12-6-7-13-17(16(12)26-9)27-19(21-13)22-18(24)11-8-25-14-5-3-2-4-10(14)15(11)23/h2-8H,1H3,(H,21,22,24). The monoisotopic (exact) mass is 393 g/mol. The van der Waals surface area contributed by atoms with Crippen molar-refractivity contribution in [3.8, 4) is 0 Å². The number of nitrogens with one attached hydrogen (secondary N) is 1. The van der Waals surface area contributed by atoms with Gasteiger partial charge >= 0.3 is 0 Å². The van der Waals surface area contributed by atoms with Crippen molar-refractivity contribution in [3.63, 3.8) is 0 Å². The van der Waals surface area contributed by atoms with Gasteiger partial charge in [0.25, 0.3) is 5.91 Å². The number of nitrogens with zero attached hydrogens (tertiary/aromatic N) is 2. The number of aromatic nitrogens is 2. The van der Waals surface area contributed by atoms with E-state index in [1.165, 1.54) is 17.6 Å². The van der Waals surface area contributed by atoms with Crippen LogP contribution in [0.25, 0.3) is 31.4 Å². The molecular formula is C19H11N3O3S2. The molecule has 0 radical (unpaired) electrons. The number of hydrogen-bond acceptors (Lipinski definition) is 7. The van der Waals surface area contributed by atoms with Gasteiger partial charge in [0.2, 0.25) is 5.43 Å². The first-order valence-corrected chi connectivity index (χ1v) is 9.72. The average Bonchev–Trinajstić information content (AvgIpc) is 3.24. The Labute approximate surface area is 160 Å². The Morgan fingerprint density at radius 1 is 1.04 bits per heavy atom. The van der Waals surface area contributed by atoms with Gasteiger partial charge in [-0.3, -0.25) is 14.9 Å². The summed E-state index contributed by atoms with van der Waals surface area (Å²) < 4.78 is 7.44. The Morgan fingerprint density at radius 2 is 1.78 bits per heavy atom. The van der Waals surface area contributed by atoms with Crippen LogP contribution in [0.15, 0.2) is 51.9 Å². The topological polar surface area (TPSA) is 85.1 Å². The molecule has 0 bridgehead atoms. The molecule has 0 aliphatic heterocycles. The van der Waals surface area contributed by atoms with Crippen molar-refractivity contribution in [3.05, 3.63) is 63.5 Å². The van der Waals surface area contributed by atoms with Crippen LogP contribution in [-0.4, -0.2) is 15.9 Å². The van der Waals surface area contributed by atoms with E-state index in [9.17, 15) is 9.59 Å². The third-order valence-electron chi connectivity index (χ3n) is 4.16. The lowest BCUT2D eigenvalue weighted by Crippen LogP contribution is -2.21. The molecular weight excluding hydrogens is 382 g/mol. The number of benzene rings is 2. The van der Waals surface area contributed by atoms with Crippen LogP contribution < -0.4 is 10.7 Å². The first kappa shape index (κ1) is 16.1. The zero-order valence-electron chi connectivity index (χ0n) is 14.0. The molecule has 0 saturated heterocycles. The van der Waals surface area contributed by atoms with Gasteiger partial charge in [-0.2, -0.15) is 0 Å². The number of rotatable bonds is 2. The van der Waals surface area contributed by atoms with E-state index < -0.39 is 5.91 Å². The van der Waals surface area contributed by atoms with Crippen LogP contribution in [0.1, 0.15) is 15.4 Å². The minimum atomic E-state index is -0.537. The SMILES string of the molecule is Cc1nc2ccc3nc(NC(=O)c4coc5ccccc5c4=O)sc3c2s1. The van der Waals surface area contributed by atoms with E-state index in [0.717, 1.165) is 25.4 Å². The lowest BCUT2D eigenvalue weighted by Gasteiger charge is -2.02. The lowest BCUT2D eigenvalue weighted by atomic mass is 10.1. The molecule has 2 aromatic carbocycles. The summed E-state index contributed by atoms with van der Waals surface area (Å²) in [7, 11) is 0. The van der Waals surface area contributed by atoms with Gasteiger partial charge < -0.3 is 4.42 Å². The van der Waals surface area contributed by atoms with Crippen molar-refractivity contribution < 1.29 is 9.21 Å². The van der Waals surface area contributed by atoms with Gasteiger partial charge in [-0.05, 0) is 31.2 Å². The second kappa shape index (κ2) is 5.97. The Balaban J connectivity index is 1.55. The van der Waals surface area contributed by atoms with Crippen LogP contribution in [0, 0.1) is 6.92 Å². The van der Waals surface area contributed by atoms with Crippen molar-refractivity contribution in [2.24, 2.45) is 0 Å². The van der Waals surface area contributed by atoms with Crippen molar-refractivity contribution in [1.82, 2.24) is 9.97 Å². The van der Waals surface area contributed by atoms with Gasteiger partial charge in [-0.15, -0.1) is 11.3 Å². The largest absolute Gasteiger partial charge is 0.463 e. The molecule has 27 heavy (non-hydrogen) atoms. The smallest absolute Gasteiger partial charge is 0.264 e. The molecule has 6 nitrogen and oxygen atoms in total. The van der Waals surface area contributed by atoms with Crippen LogP contribution in [0.2, 0.25) is 0 Å². The first-order chi connectivity index (χ1) is 13.1. The highest BCUT2D eigenvalue weighted by Gasteiger charge is 2.17. The lowest BCUT2D eigenvalue weighted by molar-refractivity contribution is 0.102. The van der Waals surface area contributed by atoms with Crippen LogP contribution in [0.5, 0.6) is 0 Å².